The third-order valence-corrected chi connectivity index (χ3v) is 3.48. The van der Waals surface area contributed by atoms with Gasteiger partial charge in [-0.1, -0.05) is 11.6 Å². The van der Waals surface area contributed by atoms with E-state index in [1.54, 1.807) is 6.08 Å². The number of aliphatic carboxylic acids is 1. The van der Waals surface area contributed by atoms with E-state index in [1.165, 1.54) is 0 Å². The molecule has 0 bridgehead atoms. The molecule has 1 amide bonds. The fourth-order valence-electron chi connectivity index (χ4n) is 2.58. The van der Waals surface area contributed by atoms with Gasteiger partial charge in [-0.25, -0.2) is 4.79 Å². The van der Waals surface area contributed by atoms with Crippen molar-refractivity contribution >= 4 is 23.6 Å². The SMILES string of the molecule is Cc1ccc(N2CCCC2C(N)=O)c(/C=C/C(=O)O)c1. The molecule has 0 aromatic heterocycles. The van der Waals surface area contributed by atoms with Crippen molar-refractivity contribution in [1.82, 2.24) is 0 Å². The highest BCUT2D eigenvalue weighted by Gasteiger charge is 2.30. The Hall–Kier alpha value is -2.30. The summed E-state index contributed by atoms with van der Waals surface area (Å²) >= 11 is 0. The summed E-state index contributed by atoms with van der Waals surface area (Å²) in [5, 5.41) is 8.77. The van der Waals surface area contributed by atoms with E-state index in [2.05, 4.69) is 0 Å². The van der Waals surface area contributed by atoms with E-state index in [9.17, 15) is 9.59 Å². The lowest BCUT2D eigenvalue weighted by atomic mass is 10.1. The van der Waals surface area contributed by atoms with Crippen LogP contribution in [0.5, 0.6) is 0 Å². The Balaban J connectivity index is 2.40. The van der Waals surface area contributed by atoms with Crippen LogP contribution in [0, 0.1) is 6.92 Å². The molecule has 2 rings (SSSR count). The highest BCUT2D eigenvalue weighted by atomic mass is 16.4. The van der Waals surface area contributed by atoms with Gasteiger partial charge in [-0.2, -0.15) is 0 Å². The van der Waals surface area contributed by atoms with E-state index in [0.717, 1.165) is 42.3 Å². The first-order valence-corrected chi connectivity index (χ1v) is 6.56. The van der Waals surface area contributed by atoms with Crippen LogP contribution >= 0.6 is 0 Å². The molecule has 1 aromatic carbocycles. The number of carboxylic acid groups (broad SMARTS) is 1. The zero-order valence-electron chi connectivity index (χ0n) is 11.4. The standard InChI is InChI=1S/C15H18N2O3/c1-10-4-6-12(11(9-10)5-7-14(18)19)17-8-2-3-13(17)15(16)20/h4-7,9,13H,2-3,8H2,1H3,(H2,16,20)(H,18,19)/b7-5+. The van der Waals surface area contributed by atoms with Crippen LogP contribution in [0.15, 0.2) is 24.3 Å². The number of rotatable bonds is 4. The van der Waals surface area contributed by atoms with Gasteiger partial charge in [0.05, 0.1) is 0 Å². The molecule has 1 atom stereocenters. The number of hydrogen-bond donors (Lipinski definition) is 2. The number of carbonyl (C=O) groups is 2. The zero-order valence-corrected chi connectivity index (χ0v) is 11.4. The number of nitrogens with zero attached hydrogens (tertiary/aromatic N) is 1. The van der Waals surface area contributed by atoms with Crippen molar-refractivity contribution < 1.29 is 14.7 Å². The van der Waals surface area contributed by atoms with Crippen molar-refractivity contribution in [3.8, 4) is 0 Å². The van der Waals surface area contributed by atoms with Crippen molar-refractivity contribution in [2.45, 2.75) is 25.8 Å². The molecule has 1 aliphatic rings. The third-order valence-electron chi connectivity index (χ3n) is 3.48. The number of hydrogen-bond acceptors (Lipinski definition) is 3. The first-order valence-electron chi connectivity index (χ1n) is 6.56. The summed E-state index contributed by atoms with van der Waals surface area (Å²) in [6.45, 7) is 2.70. The normalized spacial score (nSPS) is 18.6. The molecule has 106 valence electrons. The molecule has 5 heteroatoms. The number of benzene rings is 1. The van der Waals surface area contributed by atoms with Gasteiger partial charge in [0.1, 0.15) is 6.04 Å². The second-order valence-electron chi connectivity index (χ2n) is 4.99. The number of primary amides is 1. The minimum Gasteiger partial charge on any atom is -0.478 e. The van der Waals surface area contributed by atoms with Gasteiger partial charge in [0, 0.05) is 18.3 Å². The maximum atomic E-state index is 11.5. The molecule has 1 heterocycles. The average Bonchev–Trinajstić information content (AvgIpc) is 2.85. The summed E-state index contributed by atoms with van der Waals surface area (Å²) in [6, 6.07) is 5.46. The molecule has 1 aliphatic heterocycles. The first-order chi connectivity index (χ1) is 9.49. The summed E-state index contributed by atoms with van der Waals surface area (Å²) in [4.78, 5) is 24.1. The molecule has 1 unspecified atom stereocenters. The maximum Gasteiger partial charge on any atom is 0.328 e. The number of nitrogens with two attached hydrogens (primary N) is 1. The smallest absolute Gasteiger partial charge is 0.328 e. The summed E-state index contributed by atoms with van der Waals surface area (Å²) in [5.74, 6) is -1.33. The van der Waals surface area contributed by atoms with Crippen molar-refractivity contribution in [2.75, 3.05) is 11.4 Å². The second kappa shape index (κ2) is 5.77. The lowest BCUT2D eigenvalue weighted by Crippen LogP contribution is -2.40. The Kier molecular flexibility index (Phi) is 4.08. The van der Waals surface area contributed by atoms with Crippen LogP contribution in [-0.4, -0.2) is 29.6 Å². The van der Waals surface area contributed by atoms with E-state index in [0.29, 0.717) is 0 Å². The molecule has 5 nitrogen and oxygen atoms in total. The third kappa shape index (κ3) is 2.99. The highest BCUT2D eigenvalue weighted by Crippen LogP contribution is 2.30. The summed E-state index contributed by atoms with van der Waals surface area (Å²) in [6.07, 6.45) is 4.31. The highest BCUT2D eigenvalue weighted by molar-refractivity contribution is 5.89. The van der Waals surface area contributed by atoms with Gasteiger partial charge in [-0.15, -0.1) is 0 Å². The molecular weight excluding hydrogens is 256 g/mol. The minimum absolute atomic E-state index is 0.310. The van der Waals surface area contributed by atoms with Gasteiger partial charge in [0.25, 0.3) is 0 Å². The van der Waals surface area contributed by atoms with Gasteiger partial charge in [-0.3, -0.25) is 4.79 Å². The van der Waals surface area contributed by atoms with E-state index < -0.39 is 5.97 Å². The van der Waals surface area contributed by atoms with Crippen LogP contribution in [0.2, 0.25) is 0 Å². The topological polar surface area (TPSA) is 83.6 Å². The summed E-state index contributed by atoms with van der Waals surface area (Å²) in [7, 11) is 0. The van der Waals surface area contributed by atoms with E-state index >= 15 is 0 Å². The predicted molar refractivity (Wildman–Crippen MR) is 77.4 cm³/mol. The number of anilines is 1. The van der Waals surface area contributed by atoms with E-state index in [-0.39, 0.29) is 11.9 Å². The molecule has 3 N–H and O–H groups in total. The van der Waals surface area contributed by atoms with Crippen molar-refractivity contribution in [2.24, 2.45) is 5.73 Å². The van der Waals surface area contributed by atoms with Gasteiger partial charge >= 0.3 is 5.97 Å². The molecular formula is C15H18N2O3. The largest absolute Gasteiger partial charge is 0.478 e. The van der Waals surface area contributed by atoms with Crippen molar-refractivity contribution in [3.63, 3.8) is 0 Å². The van der Waals surface area contributed by atoms with E-state index in [4.69, 9.17) is 10.8 Å². The molecule has 0 saturated carbocycles. The van der Waals surface area contributed by atoms with Crippen LogP contribution < -0.4 is 10.6 Å². The lowest BCUT2D eigenvalue weighted by Gasteiger charge is -2.26. The molecule has 1 aromatic rings. The zero-order chi connectivity index (χ0) is 14.7. The van der Waals surface area contributed by atoms with Gasteiger partial charge in [0.2, 0.25) is 5.91 Å². The van der Waals surface area contributed by atoms with Crippen LogP contribution in [-0.2, 0) is 9.59 Å². The van der Waals surface area contributed by atoms with Gasteiger partial charge in [0.15, 0.2) is 0 Å². The second-order valence-corrected chi connectivity index (χ2v) is 4.99. The van der Waals surface area contributed by atoms with Crippen LogP contribution in [0.25, 0.3) is 6.08 Å². The van der Waals surface area contributed by atoms with E-state index in [1.807, 2.05) is 30.0 Å². The van der Waals surface area contributed by atoms with Crippen LogP contribution in [0.4, 0.5) is 5.69 Å². The molecule has 20 heavy (non-hydrogen) atoms. The Morgan fingerprint density at radius 3 is 2.85 bits per heavy atom. The number of amides is 1. The fraction of sp³-hybridized carbons (Fsp3) is 0.333. The molecule has 1 saturated heterocycles. The first kappa shape index (κ1) is 14.1. The molecule has 0 spiro atoms. The van der Waals surface area contributed by atoms with Crippen LogP contribution in [0.3, 0.4) is 0 Å². The number of aryl methyl sites for hydroxylation is 1. The number of carboxylic acids is 1. The molecule has 0 radical (unpaired) electrons. The monoisotopic (exact) mass is 274 g/mol. The molecule has 1 fully saturated rings. The Morgan fingerprint density at radius 2 is 2.20 bits per heavy atom. The van der Waals surface area contributed by atoms with Gasteiger partial charge in [-0.05, 0) is 43.5 Å². The summed E-state index contributed by atoms with van der Waals surface area (Å²) in [5.41, 5.74) is 8.12. The fourth-order valence-corrected chi connectivity index (χ4v) is 2.58. The van der Waals surface area contributed by atoms with Crippen molar-refractivity contribution in [1.29, 1.82) is 0 Å². The lowest BCUT2D eigenvalue weighted by molar-refractivity contribution is -0.131. The maximum absolute atomic E-state index is 11.5. The Morgan fingerprint density at radius 1 is 1.45 bits per heavy atom. The Labute approximate surface area is 117 Å². The minimum atomic E-state index is -0.995. The Bertz CT molecular complexity index is 566. The average molecular weight is 274 g/mol. The predicted octanol–water partition coefficient (Wildman–Crippen LogP) is 1.55. The molecule has 0 aliphatic carbocycles. The number of carbonyl (C=O) groups excluding carboxylic acids is 1. The summed E-state index contributed by atoms with van der Waals surface area (Å²) < 4.78 is 0. The quantitative estimate of drug-likeness (QED) is 0.816. The van der Waals surface area contributed by atoms with Crippen molar-refractivity contribution in [3.05, 3.63) is 35.4 Å². The van der Waals surface area contributed by atoms with Gasteiger partial charge < -0.3 is 15.7 Å². The van der Waals surface area contributed by atoms with Crippen LogP contribution in [0.1, 0.15) is 24.0 Å².